The third-order valence-corrected chi connectivity index (χ3v) is 11.8. The number of hydrogen-bond acceptors (Lipinski definition) is 3. The van der Waals surface area contributed by atoms with E-state index < -0.39 is 0 Å². The van der Waals surface area contributed by atoms with Gasteiger partial charge in [-0.25, -0.2) is 4.98 Å². The lowest BCUT2D eigenvalue weighted by Crippen LogP contribution is -1.97. The second kappa shape index (κ2) is 12.9. The largest absolute Gasteiger partial charge is 0.456 e. The lowest BCUT2D eigenvalue weighted by Gasteiger charge is -2.16. The fourth-order valence-electron chi connectivity index (χ4n) is 8.00. The van der Waals surface area contributed by atoms with E-state index in [0.29, 0.717) is 0 Å². The van der Waals surface area contributed by atoms with Gasteiger partial charge in [0.25, 0.3) is 0 Å². The van der Waals surface area contributed by atoms with Crippen molar-refractivity contribution in [1.29, 1.82) is 0 Å². The van der Waals surface area contributed by atoms with Gasteiger partial charge in [0.05, 0.1) is 11.0 Å². The van der Waals surface area contributed by atoms with Crippen molar-refractivity contribution in [3.05, 3.63) is 193 Å². The Bertz CT molecular complexity index is 3120. The smallest absolute Gasteiger partial charge is 0.145 e. The van der Waals surface area contributed by atoms with Gasteiger partial charge in [0.15, 0.2) is 0 Å². The second-order valence-corrected chi connectivity index (χ2v) is 15.0. The van der Waals surface area contributed by atoms with E-state index in [1.54, 1.807) is 0 Å². The molecule has 55 heavy (non-hydrogen) atoms. The average molecular weight is 721 g/mol. The minimum atomic E-state index is 0.883. The fourth-order valence-corrected chi connectivity index (χ4v) is 9.13. The third-order valence-electron chi connectivity index (χ3n) is 10.7. The second-order valence-electron chi connectivity index (χ2n) is 13.9. The average Bonchev–Trinajstić information content (AvgIpc) is 3.81. The van der Waals surface area contributed by atoms with Gasteiger partial charge in [-0.3, -0.25) is 4.57 Å². The molecule has 258 valence electrons. The maximum Gasteiger partial charge on any atom is 0.145 e. The minimum absolute atomic E-state index is 0.883. The summed E-state index contributed by atoms with van der Waals surface area (Å²) in [4.78, 5) is 7.66. The Hall–Kier alpha value is -6.88. The Morgan fingerprint density at radius 2 is 1.13 bits per heavy atom. The van der Waals surface area contributed by atoms with Crippen molar-refractivity contribution in [2.75, 3.05) is 0 Å². The summed E-state index contributed by atoms with van der Waals surface area (Å²) in [7, 11) is 0. The van der Waals surface area contributed by atoms with E-state index in [1.165, 1.54) is 26.5 Å². The lowest BCUT2D eigenvalue weighted by molar-refractivity contribution is 0.669. The molecular weight excluding hydrogens is 689 g/mol. The molecule has 0 saturated heterocycles. The molecule has 0 amide bonds. The molecule has 0 unspecified atom stereocenters. The number of benzene rings is 8. The Morgan fingerprint density at radius 1 is 0.436 bits per heavy atom. The predicted molar refractivity (Wildman–Crippen MR) is 230 cm³/mol. The van der Waals surface area contributed by atoms with Crippen molar-refractivity contribution in [3.63, 3.8) is 0 Å². The van der Waals surface area contributed by atoms with E-state index in [0.717, 1.165) is 77.9 Å². The van der Waals surface area contributed by atoms with E-state index in [9.17, 15) is 0 Å². The van der Waals surface area contributed by atoms with Gasteiger partial charge in [-0.15, -0.1) is 0 Å². The van der Waals surface area contributed by atoms with Crippen molar-refractivity contribution in [2.45, 2.75) is 9.79 Å². The first-order valence-electron chi connectivity index (χ1n) is 18.5. The Morgan fingerprint density at radius 3 is 2.00 bits per heavy atom. The maximum absolute atomic E-state index is 6.52. The van der Waals surface area contributed by atoms with Gasteiger partial charge in [-0.2, -0.15) is 0 Å². The molecule has 0 spiro atoms. The number of para-hydroxylation sites is 2. The lowest BCUT2D eigenvalue weighted by atomic mass is 9.92. The van der Waals surface area contributed by atoms with E-state index >= 15 is 0 Å². The van der Waals surface area contributed by atoms with Crippen molar-refractivity contribution in [2.24, 2.45) is 0 Å². The number of fused-ring (bicyclic) bond motifs is 10. The third kappa shape index (κ3) is 5.41. The molecule has 1 aliphatic heterocycles. The fraction of sp³-hybridized carbons (Fsp3) is 0. The molecule has 0 radical (unpaired) electrons. The number of imidazole rings is 1. The predicted octanol–water partition coefficient (Wildman–Crippen LogP) is 14.2. The molecular formula is C51H32N2OS. The molecule has 3 heterocycles. The molecule has 1 aliphatic rings. The van der Waals surface area contributed by atoms with Gasteiger partial charge >= 0.3 is 0 Å². The molecule has 4 heteroatoms. The van der Waals surface area contributed by atoms with E-state index in [1.807, 2.05) is 23.9 Å². The first kappa shape index (κ1) is 31.6. The molecule has 0 atom stereocenters. The highest BCUT2D eigenvalue weighted by Crippen LogP contribution is 2.47. The number of rotatable bonds is 3. The van der Waals surface area contributed by atoms with Gasteiger partial charge in [0.1, 0.15) is 17.0 Å². The SMILES string of the molecule is C1=C\c2ccc(-c3ccc4c(c3)nc(-c3ccccc3)n4-c3ccccc3)cc2-c2cc3oc4ccccc4c3cc2Sc2ccccc2-c2ccccc2/1. The summed E-state index contributed by atoms with van der Waals surface area (Å²) in [5.41, 5.74) is 15.3. The maximum atomic E-state index is 6.52. The zero-order valence-electron chi connectivity index (χ0n) is 29.7. The van der Waals surface area contributed by atoms with Gasteiger partial charge in [-0.05, 0) is 99.1 Å². The standard InChI is InChI=1S/C51H32N2OS/c1-3-14-35(15-4-1)51-52-45-30-37(27-28-46(45)53(51)38-16-5-2-6-17-38)36-26-25-34-24-23-33-13-7-8-18-39(33)41-20-10-12-22-49(41)55-50-32-43-40-19-9-11-21-47(40)54-48(43)31-44(50)42(34)29-36/h1-32H/b24-23-. The summed E-state index contributed by atoms with van der Waals surface area (Å²) in [6, 6.07) is 64.8. The zero-order valence-corrected chi connectivity index (χ0v) is 30.5. The highest BCUT2D eigenvalue weighted by Gasteiger charge is 2.20. The highest BCUT2D eigenvalue weighted by atomic mass is 32.2. The van der Waals surface area contributed by atoms with Gasteiger partial charge in [0.2, 0.25) is 0 Å². The van der Waals surface area contributed by atoms with Crippen LogP contribution in [-0.4, -0.2) is 9.55 Å². The monoisotopic (exact) mass is 720 g/mol. The van der Waals surface area contributed by atoms with Gasteiger partial charge in [-0.1, -0.05) is 151 Å². The van der Waals surface area contributed by atoms with Crippen molar-refractivity contribution >= 4 is 56.9 Å². The van der Waals surface area contributed by atoms with Crippen molar-refractivity contribution in [3.8, 4) is 50.5 Å². The van der Waals surface area contributed by atoms with Crippen LogP contribution in [0.1, 0.15) is 11.1 Å². The van der Waals surface area contributed by atoms with Crippen LogP contribution in [0.3, 0.4) is 0 Å². The Labute approximate surface area is 322 Å². The molecule has 0 aliphatic carbocycles. The van der Waals surface area contributed by atoms with E-state index in [-0.39, 0.29) is 0 Å². The van der Waals surface area contributed by atoms with Crippen LogP contribution < -0.4 is 0 Å². The van der Waals surface area contributed by atoms with Crippen molar-refractivity contribution < 1.29 is 4.42 Å². The van der Waals surface area contributed by atoms with Crippen LogP contribution in [0.5, 0.6) is 0 Å². The first-order chi connectivity index (χ1) is 27.2. The quantitative estimate of drug-likeness (QED) is 0.182. The molecule has 0 bridgehead atoms. The normalized spacial score (nSPS) is 12.8. The van der Waals surface area contributed by atoms with Crippen LogP contribution >= 0.6 is 11.8 Å². The first-order valence-corrected chi connectivity index (χ1v) is 19.3. The molecule has 0 saturated carbocycles. The Kier molecular flexibility index (Phi) is 7.42. The number of nitrogens with zero attached hydrogens (tertiary/aromatic N) is 2. The summed E-state index contributed by atoms with van der Waals surface area (Å²) in [6.45, 7) is 0. The van der Waals surface area contributed by atoms with Gasteiger partial charge < -0.3 is 4.42 Å². The summed E-state index contributed by atoms with van der Waals surface area (Å²) in [5, 5.41) is 2.25. The van der Waals surface area contributed by atoms with E-state index in [4.69, 9.17) is 9.40 Å². The molecule has 8 aromatic carbocycles. The van der Waals surface area contributed by atoms with Crippen LogP contribution in [0.15, 0.2) is 196 Å². The summed E-state index contributed by atoms with van der Waals surface area (Å²) >= 11 is 1.82. The number of furan rings is 1. The topological polar surface area (TPSA) is 31.0 Å². The van der Waals surface area contributed by atoms with E-state index in [2.05, 4.69) is 187 Å². The molecule has 11 rings (SSSR count). The molecule has 3 nitrogen and oxygen atoms in total. The van der Waals surface area contributed by atoms with Crippen LogP contribution in [0.25, 0.3) is 95.6 Å². The van der Waals surface area contributed by atoms with Crippen LogP contribution in [0.2, 0.25) is 0 Å². The Balaban J connectivity index is 1.14. The van der Waals surface area contributed by atoms with Gasteiger partial charge in [0, 0.05) is 31.8 Å². The molecule has 10 aromatic rings. The molecule has 0 N–H and O–H groups in total. The number of hydrogen-bond donors (Lipinski definition) is 0. The zero-order chi connectivity index (χ0) is 36.3. The minimum Gasteiger partial charge on any atom is -0.456 e. The molecule has 2 aromatic heterocycles. The molecule has 0 fully saturated rings. The van der Waals surface area contributed by atoms with Crippen LogP contribution in [-0.2, 0) is 0 Å². The van der Waals surface area contributed by atoms with Crippen LogP contribution in [0, 0.1) is 0 Å². The summed E-state index contributed by atoms with van der Waals surface area (Å²) < 4.78 is 8.78. The van der Waals surface area contributed by atoms with Crippen LogP contribution in [0.4, 0.5) is 0 Å². The summed E-state index contributed by atoms with van der Waals surface area (Å²) in [5.74, 6) is 0.923. The van der Waals surface area contributed by atoms with Crippen molar-refractivity contribution in [1.82, 2.24) is 9.55 Å². The highest BCUT2D eigenvalue weighted by molar-refractivity contribution is 7.99. The summed E-state index contributed by atoms with van der Waals surface area (Å²) in [6.07, 6.45) is 4.52. The number of aromatic nitrogens is 2.